The third kappa shape index (κ3) is 5.81. The van der Waals surface area contributed by atoms with Gasteiger partial charge in [0, 0.05) is 43.9 Å². The van der Waals surface area contributed by atoms with E-state index < -0.39 is 0 Å². The maximum absolute atomic E-state index is 4.41. The Morgan fingerprint density at radius 1 is 1.00 bits per heavy atom. The van der Waals surface area contributed by atoms with E-state index in [0.717, 1.165) is 31.4 Å². The summed E-state index contributed by atoms with van der Waals surface area (Å²) < 4.78 is 2.11. The number of rotatable bonds is 9. The predicted molar refractivity (Wildman–Crippen MR) is 126 cm³/mol. The van der Waals surface area contributed by atoms with Gasteiger partial charge >= 0.3 is 0 Å². The highest BCUT2D eigenvalue weighted by atomic mass is 15.2. The second-order valence-electron chi connectivity index (χ2n) is 8.71. The summed E-state index contributed by atoms with van der Waals surface area (Å²) >= 11 is 0. The van der Waals surface area contributed by atoms with Crippen LogP contribution >= 0.6 is 0 Å². The van der Waals surface area contributed by atoms with Crippen LogP contribution in [-0.4, -0.2) is 57.1 Å². The zero-order chi connectivity index (χ0) is 21.5. The van der Waals surface area contributed by atoms with Crippen molar-refractivity contribution in [3.8, 4) is 5.95 Å². The fourth-order valence-corrected chi connectivity index (χ4v) is 4.62. The van der Waals surface area contributed by atoms with Gasteiger partial charge in [-0.1, -0.05) is 31.2 Å². The summed E-state index contributed by atoms with van der Waals surface area (Å²) in [7, 11) is 0. The first kappa shape index (κ1) is 21.7. The third-order valence-corrected chi connectivity index (χ3v) is 6.62. The minimum atomic E-state index is 0.750. The highest BCUT2D eigenvalue weighted by Crippen LogP contribution is 2.21. The molecule has 0 saturated carbocycles. The first-order valence-electron chi connectivity index (χ1n) is 11.7. The molecule has 3 heterocycles. The molecular weight excluding hydrogens is 382 g/mol. The third-order valence-electron chi connectivity index (χ3n) is 6.62. The first-order chi connectivity index (χ1) is 15.2. The minimum Gasteiger partial charge on any atom is -0.303 e. The topological polar surface area (TPSA) is 37.2 Å². The van der Waals surface area contributed by atoms with Crippen LogP contribution in [0.5, 0.6) is 0 Å². The Morgan fingerprint density at radius 2 is 1.77 bits per heavy atom. The molecule has 3 aromatic rings. The lowest BCUT2D eigenvalue weighted by Crippen LogP contribution is -2.39. The molecule has 1 aliphatic rings. The van der Waals surface area contributed by atoms with Crippen LogP contribution in [0.1, 0.15) is 36.6 Å². The maximum atomic E-state index is 4.41. The summed E-state index contributed by atoms with van der Waals surface area (Å²) in [4.78, 5) is 14.0. The van der Waals surface area contributed by atoms with Crippen LogP contribution in [0.2, 0.25) is 0 Å². The molecule has 5 nitrogen and oxygen atoms in total. The largest absolute Gasteiger partial charge is 0.303 e. The van der Waals surface area contributed by atoms with Gasteiger partial charge < -0.3 is 4.90 Å². The number of hydrogen-bond donors (Lipinski definition) is 0. The number of benzene rings is 1. The molecule has 31 heavy (non-hydrogen) atoms. The van der Waals surface area contributed by atoms with Crippen molar-refractivity contribution >= 4 is 0 Å². The van der Waals surface area contributed by atoms with Gasteiger partial charge in [-0.25, -0.2) is 9.97 Å². The molecular formula is C26H35N5. The molecule has 1 fully saturated rings. The van der Waals surface area contributed by atoms with Gasteiger partial charge in [0.15, 0.2) is 0 Å². The molecule has 5 heteroatoms. The summed E-state index contributed by atoms with van der Waals surface area (Å²) in [6.07, 6.45) is 9.43. The van der Waals surface area contributed by atoms with Gasteiger partial charge in [0.05, 0.1) is 0 Å². The van der Waals surface area contributed by atoms with E-state index in [2.05, 4.69) is 80.8 Å². The van der Waals surface area contributed by atoms with Crippen LogP contribution < -0.4 is 0 Å². The highest BCUT2D eigenvalue weighted by Gasteiger charge is 2.21. The number of nitrogens with zero attached hydrogens (tertiary/aromatic N) is 5. The van der Waals surface area contributed by atoms with Crippen molar-refractivity contribution in [3.63, 3.8) is 0 Å². The van der Waals surface area contributed by atoms with Crippen LogP contribution in [0.4, 0.5) is 0 Å². The number of aryl methyl sites for hydroxylation is 1. The van der Waals surface area contributed by atoms with E-state index in [-0.39, 0.29) is 0 Å². The zero-order valence-corrected chi connectivity index (χ0v) is 19.0. The van der Waals surface area contributed by atoms with E-state index in [0.29, 0.717) is 0 Å². The molecule has 1 aromatic carbocycles. The molecule has 0 bridgehead atoms. The molecule has 0 spiro atoms. The van der Waals surface area contributed by atoms with Crippen LogP contribution in [0, 0.1) is 12.8 Å². The van der Waals surface area contributed by atoms with Gasteiger partial charge in [0.25, 0.3) is 0 Å². The Balaban J connectivity index is 1.26. The average molecular weight is 418 g/mol. The Morgan fingerprint density at radius 3 is 2.52 bits per heavy atom. The van der Waals surface area contributed by atoms with Crippen molar-refractivity contribution in [1.29, 1.82) is 0 Å². The van der Waals surface area contributed by atoms with Crippen LogP contribution in [-0.2, 0) is 13.0 Å². The highest BCUT2D eigenvalue weighted by molar-refractivity contribution is 5.25. The fraction of sp³-hybridized carbons (Fsp3) is 0.462. The van der Waals surface area contributed by atoms with Crippen molar-refractivity contribution in [2.75, 3.05) is 32.7 Å². The fourth-order valence-electron chi connectivity index (χ4n) is 4.62. The van der Waals surface area contributed by atoms with Gasteiger partial charge in [-0.2, -0.15) is 0 Å². The van der Waals surface area contributed by atoms with Crippen molar-refractivity contribution in [1.82, 2.24) is 24.3 Å². The van der Waals surface area contributed by atoms with Gasteiger partial charge in [-0.05, 0) is 81.1 Å². The lowest BCUT2D eigenvalue weighted by atomic mass is 9.95. The van der Waals surface area contributed by atoms with E-state index in [1.165, 1.54) is 55.8 Å². The van der Waals surface area contributed by atoms with Gasteiger partial charge in [0.1, 0.15) is 0 Å². The van der Waals surface area contributed by atoms with Crippen LogP contribution in [0.15, 0.2) is 61.1 Å². The molecule has 2 aromatic heterocycles. The Bertz CT molecular complexity index is 928. The molecule has 0 amide bonds. The Hall–Kier alpha value is -2.50. The molecule has 1 aliphatic heterocycles. The summed E-state index contributed by atoms with van der Waals surface area (Å²) in [5, 5.41) is 0. The lowest BCUT2D eigenvalue weighted by Gasteiger charge is -2.34. The number of hydrogen-bond acceptors (Lipinski definition) is 4. The summed E-state index contributed by atoms with van der Waals surface area (Å²) in [6.45, 7) is 11.3. The molecule has 164 valence electrons. The molecule has 0 N–H and O–H groups in total. The molecule has 0 aliphatic carbocycles. The van der Waals surface area contributed by atoms with Crippen molar-refractivity contribution in [2.24, 2.45) is 5.92 Å². The number of piperidine rings is 1. The molecule has 0 unspecified atom stereocenters. The normalized spacial score (nSPS) is 15.6. The maximum Gasteiger partial charge on any atom is 0.233 e. The Labute approximate surface area is 186 Å². The number of aromatic nitrogens is 3. The van der Waals surface area contributed by atoms with E-state index >= 15 is 0 Å². The Kier molecular flexibility index (Phi) is 7.49. The van der Waals surface area contributed by atoms with Gasteiger partial charge in [-0.3, -0.25) is 9.47 Å². The van der Waals surface area contributed by atoms with Gasteiger partial charge in [-0.15, -0.1) is 0 Å². The quantitative estimate of drug-likeness (QED) is 0.519. The average Bonchev–Trinajstić information content (AvgIpc) is 3.28. The standard InChI is InChI=1S/C26H35N5/c1-3-29(21-25-10-6-16-31(25)26-27-14-7-15-28-26)20-23-11-17-30(18-12-23)19-13-24-9-5-4-8-22(24)2/h4-10,14-16,23H,3,11-13,17-21H2,1-2H3. The van der Waals surface area contributed by atoms with Crippen LogP contribution in [0.25, 0.3) is 5.95 Å². The van der Waals surface area contributed by atoms with E-state index in [4.69, 9.17) is 0 Å². The van der Waals surface area contributed by atoms with E-state index in [1.807, 2.05) is 6.07 Å². The molecule has 0 radical (unpaired) electrons. The van der Waals surface area contributed by atoms with Gasteiger partial charge in [0.2, 0.25) is 5.95 Å². The second kappa shape index (κ2) is 10.7. The lowest BCUT2D eigenvalue weighted by molar-refractivity contribution is 0.142. The van der Waals surface area contributed by atoms with Crippen LogP contribution in [0.3, 0.4) is 0 Å². The monoisotopic (exact) mass is 417 g/mol. The molecule has 4 rings (SSSR count). The SMILES string of the molecule is CCN(Cc1cccn1-c1ncccn1)CC1CCN(CCc2ccccc2C)CC1. The number of likely N-dealkylation sites (tertiary alicyclic amines) is 1. The smallest absolute Gasteiger partial charge is 0.233 e. The van der Waals surface area contributed by atoms with Crippen molar-refractivity contribution in [2.45, 2.75) is 39.7 Å². The second-order valence-corrected chi connectivity index (χ2v) is 8.71. The summed E-state index contributed by atoms with van der Waals surface area (Å²) in [5.74, 6) is 1.53. The zero-order valence-electron chi connectivity index (χ0n) is 19.0. The minimum absolute atomic E-state index is 0.750. The molecule has 0 atom stereocenters. The summed E-state index contributed by atoms with van der Waals surface area (Å²) in [5.41, 5.74) is 4.16. The summed E-state index contributed by atoms with van der Waals surface area (Å²) in [6, 6.07) is 14.9. The predicted octanol–water partition coefficient (Wildman–Crippen LogP) is 4.35. The van der Waals surface area contributed by atoms with E-state index in [9.17, 15) is 0 Å². The van der Waals surface area contributed by atoms with Crippen molar-refractivity contribution < 1.29 is 0 Å². The first-order valence-corrected chi connectivity index (χ1v) is 11.7. The molecule has 1 saturated heterocycles. The van der Waals surface area contributed by atoms with Crippen molar-refractivity contribution in [3.05, 3.63) is 77.9 Å². The van der Waals surface area contributed by atoms with E-state index in [1.54, 1.807) is 12.4 Å².